The Balaban J connectivity index is 1.70. The Kier molecular flexibility index (Phi) is 4.11. The summed E-state index contributed by atoms with van der Waals surface area (Å²) in [5.74, 6) is -0.330. The van der Waals surface area contributed by atoms with E-state index < -0.39 is 0 Å². The third-order valence-electron chi connectivity index (χ3n) is 2.58. The maximum Gasteiger partial charge on any atom is 0.261 e. The lowest BCUT2D eigenvalue weighted by Gasteiger charge is -2.11. The van der Waals surface area contributed by atoms with Gasteiger partial charge in [-0.15, -0.1) is 11.3 Å². The molecule has 0 saturated carbocycles. The highest BCUT2D eigenvalue weighted by Crippen LogP contribution is 2.07. The SMILES string of the molecule is O=C(CNC(=O)c1cccs1)NC1CCNC1. The first-order valence-corrected chi connectivity index (χ1v) is 6.45. The fourth-order valence-corrected chi connectivity index (χ4v) is 2.35. The van der Waals surface area contributed by atoms with Gasteiger partial charge < -0.3 is 16.0 Å². The summed E-state index contributed by atoms with van der Waals surface area (Å²) in [7, 11) is 0. The molecule has 17 heavy (non-hydrogen) atoms. The van der Waals surface area contributed by atoms with Crippen LogP contribution in [0.1, 0.15) is 16.1 Å². The standard InChI is InChI=1S/C11H15N3O2S/c15-10(14-8-3-4-12-6-8)7-13-11(16)9-2-1-5-17-9/h1-2,5,8,12H,3-4,6-7H2,(H,13,16)(H,14,15). The van der Waals surface area contributed by atoms with Crippen molar-refractivity contribution in [3.63, 3.8) is 0 Å². The number of rotatable bonds is 4. The molecule has 1 unspecified atom stereocenters. The highest BCUT2D eigenvalue weighted by molar-refractivity contribution is 7.12. The minimum absolute atomic E-state index is 0.0350. The molecule has 5 nitrogen and oxygen atoms in total. The smallest absolute Gasteiger partial charge is 0.261 e. The van der Waals surface area contributed by atoms with Crippen molar-refractivity contribution in [2.45, 2.75) is 12.5 Å². The van der Waals surface area contributed by atoms with Crippen LogP contribution in [0.4, 0.5) is 0 Å². The maximum atomic E-state index is 11.6. The zero-order valence-corrected chi connectivity index (χ0v) is 10.2. The average molecular weight is 253 g/mol. The Hall–Kier alpha value is -1.40. The molecule has 1 aromatic rings. The van der Waals surface area contributed by atoms with E-state index in [1.54, 1.807) is 6.07 Å². The number of thiophene rings is 1. The van der Waals surface area contributed by atoms with Crippen LogP contribution in [0.25, 0.3) is 0 Å². The second-order valence-electron chi connectivity index (χ2n) is 3.92. The fourth-order valence-electron chi connectivity index (χ4n) is 1.71. The number of hydrogen-bond donors (Lipinski definition) is 3. The number of nitrogens with one attached hydrogen (secondary N) is 3. The van der Waals surface area contributed by atoms with E-state index in [0.29, 0.717) is 4.88 Å². The molecule has 92 valence electrons. The zero-order valence-electron chi connectivity index (χ0n) is 9.36. The average Bonchev–Trinajstić information content (AvgIpc) is 2.97. The predicted molar refractivity (Wildman–Crippen MR) is 66.1 cm³/mol. The van der Waals surface area contributed by atoms with Gasteiger partial charge in [-0.3, -0.25) is 9.59 Å². The maximum absolute atomic E-state index is 11.6. The molecule has 0 spiro atoms. The molecular weight excluding hydrogens is 238 g/mol. The van der Waals surface area contributed by atoms with Crippen LogP contribution in [0.3, 0.4) is 0 Å². The lowest BCUT2D eigenvalue weighted by atomic mass is 10.2. The van der Waals surface area contributed by atoms with Crippen molar-refractivity contribution in [2.24, 2.45) is 0 Å². The predicted octanol–water partition coefficient (Wildman–Crippen LogP) is -0.0440. The minimum atomic E-state index is -0.195. The quantitative estimate of drug-likeness (QED) is 0.705. The summed E-state index contributed by atoms with van der Waals surface area (Å²) in [5, 5.41) is 10.5. The molecule has 6 heteroatoms. The van der Waals surface area contributed by atoms with Crippen molar-refractivity contribution in [3.05, 3.63) is 22.4 Å². The molecular formula is C11H15N3O2S. The molecule has 1 atom stereocenters. The van der Waals surface area contributed by atoms with Crippen molar-refractivity contribution in [2.75, 3.05) is 19.6 Å². The Morgan fingerprint density at radius 2 is 2.41 bits per heavy atom. The molecule has 1 aromatic heterocycles. The van der Waals surface area contributed by atoms with Gasteiger partial charge in [-0.2, -0.15) is 0 Å². The van der Waals surface area contributed by atoms with Gasteiger partial charge in [0.25, 0.3) is 5.91 Å². The van der Waals surface area contributed by atoms with E-state index in [9.17, 15) is 9.59 Å². The first-order valence-electron chi connectivity index (χ1n) is 5.57. The van der Waals surface area contributed by atoms with Crippen molar-refractivity contribution in [1.29, 1.82) is 0 Å². The number of carbonyl (C=O) groups is 2. The molecule has 1 fully saturated rings. The van der Waals surface area contributed by atoms with Crippen LogP contribution in [0.15, 0.2) is 17.5 Å². The summed E-state index contributed by atoms with van der Waals surface area (Å²) in [5.41, 5.74) is 0. The van der Waals surface area contributed by atoms with E-state index in [2.05, 4.69) is 16.0 Å². The van der Waals surface area contributed by atoms with Crippen molar-refractivity contribution in [1.82, 2.24) is 16.0 Å². The molecule has 1 aliphatic heterocycles. The second kappa shape index (κ2) is 5.79. The van der Waals surface area contributed by atoms with Gasteiger partial charge in [-0.25, -0.2) is 0 Å². The van der Waals surface area contributed by atoms with E-state index in [1.165, 1.54) is 11.3 Å². The molecule has 2 heterocycles. The number of carbonyl (C=O) groups excluding carboxylic acids is 2. The third kappa shape index (κ3) is 3.54. The topological polar surface area (TPSA) is 70.2 Å². The van der Waals surface area contributed by atoms with E-state index in [-0.39, 0.29) is 24.4 Å². The highest BCUT2D eigenvalue weighted by Gasteiger charge is 2.17. The fraction of sp³-hybridized carbons (Fsp3) is 0.455. The number of hydrogen-bond acceptors (Lipinski definition) is 4. The summed E-state index contributed by atoms with van der Waals surface area (Å²) < 4.78 is 0. The molecule has 3 N–H and O–H groups in total. The van der Waals surface area contributed by atoms with Crippen LogP contribution in [0, 0.1) is 0 Å². The van der Waals surface area contributed by atoms with E-state index in [4.69, 9.17) is 0 Å². The van der Waals surface area contributed by atoms with Crippen LogP contribution in [-0.4, -0.2) is 37.5 Å². The first-order chi connectivity index (χ1) is 8.25. The molecule has 0 aromatic carbocycles. The minimum Gasteiger partial charge on any atom is -0.351 e. The Morgan fingerprint density at radius 1 is 1.53 bits per heavy atom. The van der Waals surface area contributed by atoms with E-state index in [0.717, 1.165) is 19.5 Å². The molecule has 0 bridgehead atoms. The van der Waals surface area contributed by atoms with Gasteiger partial charge in [0.1, 0.15) is 0 Å². The van der Waals surface area contributed by atoms with Gasteiger partial charge >= 0.3 is 0 Å². The highest BCUT2D eigenvalue weighted by atomic mass is 32.1. The third-order valence-corrected chi connectivity index (χ3v) is 3.45. The lowest BCUT2D eigenvalue weighted by molar-refractivity contribution is -0.120. The van der Waals surface area contributed by atoms with Crippen molar-refractivity contribution < 1.29 is 9.59 Å². The summed E-state index contributed by atoms with van der Waals surface area (Å²) in [6, 6.07) is 3.74. The van der Waals surface area contributed by atoms with Gasteiger partial charge in [0.15, 0.2) is 0 Å². The first kappa shape index (κ1) is 12.1. The van der Waals surface area contributed by atoms with E-state index >= 15 is 0 Å². The van der Waals surface area contributed by atoms with Crippen LogP contribution in [0.2, 0.25) is 0 Å². The molecule has 2 rings (SSSR count). The van der Waals surface area contributed by atoms with Gasteiger partial charge in [0.05, 0.1) is 11.4 Å². The number of amides is 2. The van der Waals surface area contributed by atoms with Gasteiger partial charge in [-0.1, -0.05) is 6.07 Å². The summed E-state index contributed by atoms with van der Waals surface area (Å²) >= 11 is 1.36. The Labute approximate surface area is 104 Å². The van der Waals surface area contributed by atoms with Crippen molar-refractivity contribution in [3.8, 4) is 0 Å². The van der Waals surface area contributed by atoms with Gasteiger partial charge in [0.2, 0.25) is 5.91 Å². The molecule has 0 radical (unpaired) electrons. The molecule has 2 amide bonds. The van der Waals surface area contributed by atoms with Crippen LogP contribution in [0.5, 0.6) is 0 Å². The monoisotopic (exact) mass is 253 g/mol. The van der Waals surface area contributed by atoms with Crippen LogP contribution >= 0.6 is 11.3 Å². The normalized spacial score (nSPS) is 18.9. The molecule has 0 aliphatic carbocycles. The summed E-state index contributed by atoms with van der Waals surface area (Å²) in [6.45, 7) is 1.78. The summed E-state index contributed by atoms with van der Waals surface area (Å²) in [4.78, 5) is 23.7. The molecule has 1 aliphatic rings. The Morgan fingerprint density at radius 3 is 3.06 bits per heavy atom. The zero-order chi connectivity index (χ0) is 12.1. The Bertz CT molecular complexity index is 385. The summed E-state index contributed by atoms with van der Waals surface area (Å²) in [6.07, 6.45) is 0.949. The van der Waals surface area contributed by atoms with Crippen LogP contribution < -0.4 is 16.0 Å². The van der Waals surface area contributed by atoms with Crippen LogP contribution in [-0.2, 0) is 4.79 Å². The van der Waals surface area contributed by atoms with Crippen molar-refractivity contribution >= 4 is 23.2 Å². The van der Waals surface area contributed by atoms with Gasteiger partial charge in [-0.05, 0) is 24.4 Å². The van der Waals surface area contributed by atoms with Gasteiger partial charge in [0, 0.05) is 12.6 Å². The molecule has 1 saturated heterocycles. The largest absolute Gasteiger partial charge is 0.351 e. The second-order valence-corrected chi connectivity index (χ2v) is 4.86. The lowest BCUT2D eigenvalue weighted by Crippen LogP contribution is -2.42. The van der Waals surface area contributed by atoms with E-state index in [1.807, 2.05) is 11.4 Å².